The van der Waals surface area contributed by atoms with Crippen molar-refractivity contribution >= 4 is 28.9 Å². The summed E-state index contributed by atoms with van der Waals surface area (Å²) >= 11 is -1.33. The number of nitrogens with one attached hydrogen (secondary N) is 1. The van der Waals surface area contributed by atoms with Crippen molar-refractivity contribution in [1.29, 1.82) is 0 Å². The van der Waals surface area contributed by atoms with E-state index in [0.717, 1.165) is 5.56 Å². The van der Waals surface area contributed by atoms with Crippen molar-refractivity contribution in [1.82, 2.24) is 0 Å². The van der Waals surface area contributed by atoms with Crippen LogP contribution in [0, 0.1) is 0 Å². The molecule has 19 heavy (non-hydrogen) atoms. The van der Waals surface area contributed by atoms with Gasteiger partial charge < -0.3 is 9.66 Å². The molecule has 0 aliphatic carbocycles. The monoisotopic (exact) mass is 282 g/mol. The minimum Gasteiger partial charge on any atom is -0.591 e. The van der Waals surface area contributed by atoms with Crippen LogP contribution in [0.4, 0.5) is 10.5 Å². The molecule has 5 nitrogen and oxygen atoms in total. The quantitative estimate of drug-likeness (QED) is 0.660. The summed E-state index contributed by atoms with van der Waals surface area (Å²) in [5.41, 5.74) is 1.81. The van der Waals surface area contributed by atoms with E-state index in [1.54, 1.807) is 31.2 Å². The molecule has 0 radical (unpaired) electrons. The second-order valence-corrected chi connectivity index (χ2v) is 6.95. The predicted octanol–water partition coefficient (Wildman–Crippen LogP) is 3.05. The number of benzene rings is 1. The number of rotatable bonds is 3. The molecule has 1 atom stereocenters. The Bertz CT molecular complexity index is 495. The van der Waals surface area contributed by atoms with Crippen LogP contribution in [0.25, 0.3) is 0 Å². The lowest BCUT2D eigenvalue weighted by Crippen LogP contribution is -2.26. The molecule has 0 aliphatic heterocycles. The maximum absolute atomic E-state index is 11.9. The number of carboxylic acid groups (broad SMARTS) is 1. The van der Waals surface area contributed by atoms with Crippen LogP contribution in [-0.4, -0.2) is 26.2 Å². The average Bonchev–Trinajstić information content (AvgIpc) is 2.27. The summed E-state index contributed by atoms with van der Waals surface area (Å²) in [6, 6.07) is 6.82. The first-order valence-corrected chi connectivity index (χ1v) is 6.88. The average molecular weight is 282 g/mol. The Labute approximate surface area is 116 Å². The third kappa shape index (κ3) is 4.92. The van der Waals surface area contributed by atoms with Gasteiger partial charge in [0.2, 0.25) is 0 Å². The zero-order chi connectivity index (χ0) is 14.6. The molecular weight excluding hydrogens is 264 g/mol. The van der Waals surface area contributed by atoms with Crippen LogP contribution in [0.15, 0.2) is 28.7 Å². The first kappa shape index (κ1) is 15.5. The van der Waals surface area contributed by atoms with Gasteiger partial charge in [0, 0.05) is 11.3 Å². The van der Waals surface area contributed by atoms with Crippen molar-refractivity contribution in [3.8, 4) is 0 Å². The molecule has 0 saturated heterocycles. The fraction of sp³-hybridized carbons (Fsp3) is 0.385. The van der Waals surface area contributed by atoms with Crippen LogP contribution < -0.4 is 5.32 Å². The van der Waals surface area contributed by atoms with Gasteiger partial charge in [0.05, 0.1) is 5.71 Å². The SMILES string of the molecule is CC(=N[S+]([O-])C(C)(C)C)c1cccc(NC(=O)O)c1. The highest BCUT2D eigenvalue weighted by atomic mass is 32.2. The lowest BCUT2D eigenvalue weighted by Gasteiger charge is -2.18. The smallest absolute Gasteiger partial charge is 0.409 e. The number of anilines is 1. The van der Waals surface area contributed by atoms with Gasteiger partial charge >= 0.3 is 6.09 Å². The number of hydrogen-bond acceptors (Lipinski definition) is 3. The third-order valence-electron chi connectivity index (χ3n) is 2.28. The maximum Gasteiger partial charge on any atom is 0.409 e. The number of nitrogens with zero attached hydrogens (tertiary/aromatic N) is 1. The standard InChI is InChI=1S/C13H18N2O3S/c1-9(15-19(18)13(2,3)4)10-6-5-7-11(8-10)14-12(16)17/h5-8,14H,1-4H3,(H,16,17). The van der Waals surface area contributed by atoms with Crippen LogP contribution in [0.1, 0.15) is 33.3 Å². The summed E-state index contributed by atoms with van der Waals surface area (Å²) in [5.74, 6) is 0. The van der Waals surface area contributed by atoms with E-state index >= 15 is 0 Å². The van der Waals surface area contributed by atoms with Crippen LogP contribution in [0.3, 0.4) is 0 Å². The van der Waals surface area contributed by atoms with Crippen molar-refractivity contribution < 1.29 is 14.5 Å². The summed E-state index contributed by atoms with van der Waals surface area (Å²) in [7, 11) is 0. The number of amides is 1. The van der Waals surface area contributed by atoms with Gasteiger partial charge in [-0.15, -0.1) is 0 Å². The zero-order valence-corrected chi connectivity index (χ0v) is 12.2. The third-order valence-corrected chi connectivity index (χ3v) is 3.76. The van der Waals surface area contributed by atoms with E-state index in [1.807, 2.05) is 20.8 Å². The second kappa shape index (κ2) is 6.08. The summed E-state index contributed by atoms with van der Waals surface area (Å²) in [5, 5.41) is 10.9. The molecule has 1 unspecified atom stereocenters. The van der Waals surface area contributed by atoms with Gasteiger partial charge in [0.25, 0.3) is 0 Å². The molecule has 1 aromatic carbocycles. The van der Waals surface area contributed by atoms with Crippen LogP contribution in [-0.2, 0) is 11.4 Å². The Morgan fingerprint density at radius 2 is 2.05 bits per heavy atom. The van der Waals surface area contributed by atoms with Gasteiger partial charge in [0.15, 0.2) is 0 Å². The van der Waals surface area contributed by atoms with Crippen LogP contribution in [0.5, 0.6) is 0 Å². The lowest BCUT2D eigenvalue weighted by molar-refractivity contribution is 0.210. The molecule has 1 aromatic rings. The molecule has 2 N–H and O–H groups in total. The lowest BCUT2D eigenvalue weighted by atomic mass is 10.1. The van der Waals surface area contributed by atoms with Crippen molar-refractivity contribution in [2.75, 3.05) is 5.32 Å². The molecule has 0 fully saturated rings. The Balaban J connectivity index is 2.96. The summed E-state index contributed by atoms with van der Waals surface area (Å²) in [6.45, 7) is 7.30. The zero-order valence-electron chi connectivity index (χ0n) is 11.4. The topological polar surface area (TPSA) is 84.8 Å². The van der Waals surface area contributed by atoms with Gasteiger partial charge in [-0.2, -0.15) is 0 Å². The molecule has 0 heterocycles. The van der Waals surface area contributed by atoms with Crippen LogP contribution >= 0.6 is 0 Å². The molecule has 0 spiro atoms. The second-order valence-electron chi connectivity index (χ2n) is 5.05. The molecule has 1 amide bonds. The summed E-state index contributed by atoms with van der Waals surface area (Å²) < 4.78 is 15.7. The fourth-order valence-electron chi connectivity index (χ4n) is 1.26. The summed E-state index contributed by atoms with van der Waals surface area (Å²) in [4.78, 5) is 10.6. The first-order chi connectivity index (χ1) is 8.70. The van der Waals surface area contributed by atoms with E-state index in [9.17, 15) is 9.35 Å². The van der Waals surface area contributed by atoms with Gasteiger partial charge in [-0.3, -0.25) is 5.32 Å². The minimum atomic E-state index is -1.33. The van der Waals surface area contributed by atoms with E-state index in [0.29, 0.717) is 11.4 Å². The first-order valence-electron chi connectivity index (χ1n) is 5.78. The van der Waals surface area contributed by atoms with Crippen molar-refractivity contribution in [3.05, 3.63) is 29.8 Å². The molecule has 0 saturated carbocycles. The Hall–Kier alpha value is -1.53. The molecule has 0 bridgehead atoms. The number of hydrogen-bond donors (Lipinski definition) is 2. The van der Waals surface area contributed by atoms with Crippen molar-refractivity contribution in [2.24, 2.45) is 4.40 Å². The van der Waals surface area contributed by atoms with E-state index < -0.39 is 22.2 Å². The summed E-state index contributed by atoms with van der Waals surface area (Å²) in [6.07, 6.45) is -1.12. The molecule has 6 heteroatoms. The van der Waals surface area contributed by atoms with E-state index in [1.165, 1.54) is 0 Å². The van der Waals surface area contributed by atoms with Crippen molar-refractivity contribution in [3.63, 3.8) is 0 Å². The Morgan fingerprint density at radius 3 is 2.58 bits per heavy atom. The van der Waals surface area contributed by atoms with E-state index in [-0.39, 0.29) is 0 Å². The van der Waals surface area contributed by atoms with Gasteiger partial charge in [-0.05, 0) is 39.8 Å². The molecular formula is C13H18N2O3S. The van der Waals surface area contributed by atoms with E-state index in [4.69, 9.17) is 5.11 Å². The molecule has 0 aromatic heterocycles. The Morgan fingerprint density at radius 1 is 1.42 bits per heavy atom. The van der Waals surface area contributed by atoms with Gasteiger partial charge in [0.1, 0.15) is 16.1 Å². The fourth-order valence-corrected chi connectivity index (χ4v) is 1.89. The van der Waals surface area contributed by atoms with Crippen molar-refractivity contribution in [2.45, 2.75) is 32.4 Å². The minimum absolute atomic E-state index is 0.418. The van der Waals surface area contributed by atoms with Gasteiger partial charge in [-0.25, -0.2) is 4.79 Å². The highest BCUT2D eigenvalue weighted by Gasteiger charge is 2.26. The normalized spacial score (nSPS) is 14.1. The largest absolute Gasteiger partial charge is 0.591 e. The number of carbonyl (C=O) groups is 1. The van der Waals surface area contributed by atoms with E-state index in [2.05, 4.69) is 9.71 Å². The van der Waals surface area contributed by atoms with Gasteiger partial charge in [-0.1, -0.05) is 16.5 Å². The highest BCUT2D eigenvalue weighted by molar-refractivity contribution is 7.91. The molecule has 104 valence electrons. The predicted molar refractivity (Wildman–Crippen MR) is 78.2 cm³/mol. The van der Waals surface area contributed by atoms with Crippen LogP contribution in [0.2, 0.25) is 0 Å². The maximum atomic E-state index is 11.9. The molecule has 1 rings (SSSR count). The highest BCUT2D eigenvalue weighted by Crippen LogP contribution is 2.19. The Kier molecular flexibility index (Phi) is 4.97. The molecule has 0 aliphatic rings.